The molecule has 0 unspecified atom stereocenters. The summed E-state index contributed by atoms with van der Waals surface area (Å²) in [6.07, 6.45) is 1.56. The Hall–Kier alpha value is -1.76. The van der Waals surface area contributed by atoms with Crippen LogP contribution in [-0.2, 0) is 14.6 Å². The second-order valence-electron chi connectivity index (χ2n) is 4.19. The van der Waals surface area contributed by atoms with Gasteiger partial charge in [-0.2, -0.15) is 0 Å². The van der Waals surface area contributed by atoms with Gasteiger partial charge in [-0.3, -0.25) is 4.79 Å². The lowest BCUT2D eigenvalue weighted by atomic mass is 10.3. The molecule has 3 N–H and O–H groups in total. The summed E-state index contributed by atoms with van der Waals surface area (Å²) >= 11 is 0. The van der Waals surface area contributed by atoms with E-state index < -0.39 is 9.84 Å². The van der Waals surface area contributed by atoms with Gasteiger partial charge in [-0.05, 0) is 30.7 Å². The number of ether oxygens (including phenoxy) is 1. The van der Waals surface area contributed by atoms with Crippen molar-refractivity contribution in [1.82, 2.24) is 5.32 Å². The molecular formula is C12H18N2O4S. The zero-order chi connectivity index (χ0) is 14.3. The van der Waals surface area contributed by atoms with Crippen LogP contribution < -0.4 is 15.8 Å². The fraction of sp³-hybridized carbons (Fsp3) is 0.417. The molecule has 1 rings (SSSR count). The summed E-state index contributed by atoms with van der Waals surface area (Å²) < 4.78 is 27.0. The van der Waals surface area contributed by atoms with Gasteiger partial charge in [0.15, 0.2) is 6.61 Å². The molecule has 106 valence electrons. The predicted molar refractivity (Wildman–Crippen MR) is 73.7 cm³/mol. The molecule has 0 bridgehead atoms. The fourth-order valence-electron chi connectivity index (χ4n) is 1.33. The van der Waals surface area contributed by atoms with E-state index in [0.717, 1.165) is 0 Å². The molecule has 0 aromatic heterocycles. The molecule has 0 fully saturated rings. The van der Waals surface area contributed by atoms with Gasteiger partial charge in [0, 0.05) is 18.5 Å². The molecule has 7 heteroatoms. The lowest BCUT2D eigenvalue weighted by Gasteiger charge is -2.07. The maximum Gasteiger partial charge on any atom is 0.257 e. The van der Waals surface area contributed by atoms with Gasteiger partial charge in [0.2, 0.25) is 0 Å². The Morgan fingerprint density at radius 3 is 2.53 bits per heavy atom. The van der Waals surface area contributed by atoms with Crippen LogP contribution in [0.5, 0.6) is 5.75 Å². The Bertz CT molecular complexity index is 511. The molecule has 1 amide bonds. The van der Waals surface area contributed by atoms with E-state index in [0.29, 0.717) is 24.4 Å². The van der Waals surface area contributed by atoms with Crippen molar-refractivity contribution >= 4 is 21.4 Å². The minimum atomic E-state index is -2.98. The van der Waals surface area contributed by atoms with Crippen LogP contribution in [0.1, 0.15) is 6.42 Å². The predicted octanol–water partition coefficient (Wildman–Crippen LogP) is 0.199. The maximum atomic E-state index is 11.4. The van der Waals surface area contributed by atoms with E-state index in [-0.39, 0.29) is 18.3 Å². The normalized spacial score (nSPS) is 11.0. The third-order valence-electron chi connectivity index (χ3n) is 2.26. The molecule has 19 heavy (non-hydrogen) atoms. The molecule has 0 atom stereocenters. The number of nitrogens with one attached hydrogen (secondary N) is 1. The molecule has 0 heterocycles. The van der Waals surface area contributed by atoms with Crippen molar-refractivity contribution in [1.29, 1.82) is 0 Å². The van der Waals surface area contributed by atoms with Gasteiger partial charge in [-0.15, -0.1) is 0 Å². The average Bonchev–Trinajstić information content (AvgIpc) is 2.33. The molecule has 1 aromatic rings. The third-order valence-corrected chi connectivity index (χ3v) is 3.29. The van der Waals surface area contributed by atoms with Crippen molar-refractivity contribution in [3.63, 3.8) is 0 Å². The first-order chi connectivity index (χ1) is 8.87. The molecule has 0 saturated heterocycles. The maximum absolute atomic E-state index is 11.4. The standard InChI is InChI=1S/C12H18N2O4S/c1-19(16,17)8-2-7-14-12(15)9-18-11-5-3-10(13)4-6-11/h3-6H,2,7-9,13H2,1H3,(H,14,15). The molecule has 0 saturated carbocycles. The first-order valence-corrected chi connectivity index (χ1v) is 7.85. The molecule has 0 spiro atoms. The Balaban J connectivity index is 2.19. The monoisotopic (exact) mass is 286 g/mol. The van der Waals surface area contributed by atoms with Crippen molar-refractivity contribution in [2.75, 3.05) is 30.9 Å². The second kappa shape index (κ2) is 6.98. The first kappa shape index (κ1) is 15.3. The Morgan fingerprint density at radius 2 is 1.95 bits per heavy atom. The highest BCUT2D eigenvalue weighted by molar-refractivity contribution is 7.90. The Labute approximate surface area is 112 Å². The summed E-state index contributed by atoms with van der Waals surface area (Å²) in [4.78, 5) is 11.4. The van der Waals surface area contributed by atoms with Gasteiger partial charge in [0.05, 0.1) is 5.75 Å². The van der Waals surface area contributed by atoms with Gasteiger partial charge in [-0.25, -0.2) is 8.42 Å². The highest BCUT2D eigenvalue weighted by Crippen LogP contribution is 2.12. The van der Waals surface area contributed by atoms with E-state index in [9.17, 15) is 13.2 Å². The van der Waals surface area contributed by atoms with Crippen molar-refractivity contribution in [2.45, 2.75) is 6.42 Å². The Morgan fingerprint density at radius 1 is 1.32 bits per heavy atom. The van der Waals surface area contributed by atoms with Crippen molar-refractivity contribution in [3.8, 4) is 5.75 Å². The summed E-state index contributed by atoms with van der Waals surface area (Å²) in [6.45, 7) is 0.208. The summed E-state index contributed by atoms with van der Waals surface area (Å²) in [6, 6.07) is 6.71. The number of benzene rings is 1. The van der Waals surface area contributed by atoms with E-state index in [1.54, 1.807) is 24.3 Å². The minimum absolute atomic E-state index is 0.0616. The fourth-order valence-corrected chi connectivity index (χ4v) is 1.99. The van der Waals surface area contributed by atoms with Gasteiger partial charge in [0.1, 0.15) is 15.6 Å². The lowest BCUT2D eigenvalue weighted by Crippen LogP contribution is -2.30. The SMILES string of the molecule is CS(=O)(=O)CCCNC(=O)COc1ccc(N)cc1. The van der Waals surface area contributed by atoms with Crippen molar-refractivity contribution < 1.29 is 17.9 Å². The average molecular weight is 286 g/mol. The number of hydrogen-bond donors (Lipinski definition) is 2. The van der Waals surface area contributed by atoms with E-state index in [4.69, 9.17) is 10.5 Å². The second-order valence-corrected chi connectivity index (χ2v) is 6.45. The number of carbonyl (C=O) groups excluding carboxylic acids is 1. The van der Waals surface area contributed by atoms with Crippen LogP contribution in [0.15, 0.2) is 24.3 Å². The van der Waals surface area contributed by atoms with Crippen LogP contribution in [0, 0.1) is 0 Å². The molecule has 0 aliphatic heterocycles. The summed E-state index contributed by atoms with van der Waals surface area (Å²) in [5.74, 6) is 0.331. The van der Waals surface area contributed by atoms with Crippen LogP contribution in [0.3, 0.4) is 0 Å². The zero-order valence-corrected chi connectivity index (χ0v) is 11.6. The van der Waals surface area contributed by atoms with Gasteiger partial charge < -0.3 is 15.8 Å². The lowest BCUT2D eigenvalue weighted by molar-refractivity contribution is -0.123. The highest BCUT2D eigenvalue weighted by atomic mass is 32.2. The van der Waals surface area contributed by atoms with Crippen LogP contribution in [0.4, 0.5) is 5.69 Å². The number of anilines is 1. The topological polar surface area (TPSA) is 98.5 Å². The number of rotatable bonds is 7. The molecule has 6 nitrogen and oxygen atoms in total. The smallest absolute Gasteiger partial charge is 0.257 e. The van der Waals surface area contributed by atoms with Crippen LogP contribution in [0.25, 0.3) is 0 Å². The quantitative estimate of drug-likeness (QED) is 0.551. The van der Waals surface area contributed by atoms with Gasteiger partial charge in [0.25, 0.3) is 5.91 Å². The minimum Gasteiger partial charge on any atom is -0.484 e. The van der Waals surface area contributed by atoms with Crippen molar-refractivity contribution in [3.05, 3.63) is 24.3 Å². The van der Waals surface area contributed by atoms with Crippen molar-refractivity contribution in [2.24, 2.45) is 0 Å². The van der Waals surface area contributed by atoms with Crippen LogP contribution >= 0.6 is 0 Å². The van der Waals surface area contributed by atoms with Gasteiger partial charge >= 0.3 is 0 Å². The zero-order valence-electron chi connectivity index (χ0n) is 10.8. The summed E-state index contributed by atoms with van der Waals surface area (Å²) in [7, 11) is -2.98. The molecular weight excluding hydrogens is 268 g/mol. The summed E-state index contributed by atoms with van der Waals surface area (Å²) in [5.41, 5.74) is 6.14. The highest BCUT2D eigenvalue weighted by Gasteiger charge is 2.04. The molecule has 1 aromatic carbocycles. The summed E-state index contributed by atoms with van der Waals surface area (Å²) in [5, 5.41) is 2.58. The molecule has 0 radical (unpaired) electrons. The van der Waals surface area contributed by atoms with E-state index in [1.807, 2.05) is 0 Å². The van der Waals surface area contributed by atoms with Gasteiger partial charge in [-0.1, -0.05) is 0 Å². The number of hydrogen-bond acceptors (Lipinski definition) is 5. The third kappa shape index (κ3) is 7.30. The van der Waals surface area contributed by atoms with Crippen LogP contribution in [0.2, 0.25) is 0 Å². The molecule has 0 aliphatic rings. The number of nitrogens with two attached hydrogens (primary N) is 1. The van der Waals surface area contributed by atoms with E-state index >= 15 is 0 Å². The van der Waals surface area contributed by atoms with Crippen LogP contribution in [-0.4, -0.2) is 39.5 Å². The van der Waals surface area contributed by atoms with E-state index in [2.05, 4.69) is 5.32 Å². The number of amides is 1. The first-order valence-electron chi connectivity index (χ1n) is 5.79. The Kier molecular flexibility index (Phi) is 5.62. The largest absolute Gasteiger partial charge is 0.484 e. The van der Waals surface area contributed by atoms with E-state index in [1.165, 1.54) is 6.26 Å². The number of nitrogen functional groups attached to an aromatic ring is 1. The number of carbonyl (C=O) groups is 1. The number of sulfone groups is 1. The molecule has 0 aliphatic carbocycles.